The van der Waals surface area contributed by atoms with E-state index < -0.39 is 0 Å². The molecule has 0 bridgehead atoms. The molecule has 0 radical (unpaired) electrons. The van der Waals surface area contributed by atoms with E-state index in [-0.39, 0.29) is 11.8 Å². The fourth-order valence-electron chi connectivity index (χ4n) is 2.49. The third-order valence-corrected chi connectivity index (χ3v) is 4.08. The number of carbonyl (C=O) groups is 1. The van der Waals surface area contributed by atoms with Crippen LogP contribution in [0.2, 0.25) is 0 Å². The standard InChI is InChI=1S/C16H14BrNO2/c1-20-15-7-6-11(17)9-14(15)18-16(19)13-8-10-4-2-3-5-12(10)13/h2-7,9,13H,8H2,1H3,(H,18,19). The summed E-state index contributed by atoms with van der Waals surface area (Å²) in [4.78, 5) is 12.4. The fourth-order valence-corrected chi connectivity index (χ4v) is 2.85. The molecule has 0 fully saturated rings. The van der Waals surface area contributed by atoms with Gasteiger partial charge in [0.1, 0.15) is 5.75 Å². The number of fused-ring (bicyclic) bond motifs is 1. The lowest BCUT2D eigenvalue weighted by atomic mass is 9.77. The Bertz CT molecular complexity index is 669. The van der Waals surface area contributed by atoms with Crippen LogP contribution in [0.15, 0.2) is 46.9 Å². The van der Waals surface area contributed by atoms with E-state index in [1.807, 2.05) is 36.4 Å². The van der Waals surface area contributed by atoms with Crippen LogP contribution in [-0.4, -0.2) is 13.0 Å². The third kappa shape index (κ3) is 2.31. The third-order valence-electron chi connectivity index (χ3n) is 3.59. The monoisotopic (exact) mass is 331 g/mol. The summed E-state index contributed by atoms with van der Waals surface area (Å²) in [6.07, 6.45) is 0.804. The zero-order valence-corrected chi connectivity index (χ0v) is 12.6. The van der Waals surface area contributed by atoms with Crippen LogP contribution in [0.3, 0.4) is 0 Å². The zero-order chi connectivity index (χ0) is 14.1. The molecule has 0 aliphatic heterocycles. The average molecular weight is 332 g/mol. The van der Waals surface area contributed by atoms with Crippen molar-refractivity contribution in [2.75, 3.05) is 12.4 Å². The van der Waals surface area contributed by atoms with E-state index in [1.165, 1.54) is 5.56 Å². The highest BCUT2D eigenvalue weighted by molar-refractivity contribution is 9.10. The maximum absolute atomic E-state index is 12.4. The van der Waals surface area contributed by atoms with Gasteiger partial charge < -0.3 is 10.1 Å². The smallest absolute Gasteiger partial charge is 0.232 e. The summed E-state index contributed by atoms with van der Waals surface area (Å²) in [5, 5.41) is 2.95. The number of methoxy groups -OCH3 is 1. The molecule has 1 aliphatic rings. The maximum atomic E-state index is 12.4. The van der Waals surface area contributed by atoms with Gasteiger partial charge in [-0.15, -0.1) is 0 Å². The number of ether oxygens (including phenoxy) is 1. The number of benzene rings is 2. The average Bonchev–Trinajstić information content (AvgIpc) is 2.40. The Kier molecular flexibility index (Phi) is 3.49. The largest absolute Gasteiger partial charge is 0.495 e. The zero-order valence-electron chi connectivity index (χ0n) is 11.0. The van der Waals surface area contributed by atoms with Gasteiger partial charge in [0, 0.05) is 4.47 Å². The summed E-state index contributed by atoms with van der Waals surface area (Å²) in [5.41, 5.74) is 3.07. The normalized spacial score (nSPS) is 16.0. The Morgan fingerprint density at radius 1 is 1.30 bits per heavy atom. The van der Waals surface area contributed by atoms with Crippen molar-refractivity contribution in [3.63, 3.8) is 0 Å². The van der Waals surface area contributed by atoms with Gasteiger partial charge in [0.2, 0.25) is 5.91 Å². The molecule has 20 heavy (non-hydrogen) atoms. The highest BCUT2D eigenvalue weighted by atomic mass is 79.9. The fraction of sp³-hybridized carbons (Fsp3) is 0.188. The summed E-state index contributed by atoms with van der Waals surface area (Å²) in [6, 6.07) is 13.6. The highest BCUT2D eigenvalue weighted by Gasteiger charge is 2.32. The second-order valence-electron chi connectivity index (χ2n) is 4.79. The summed E-state index contributed by atoms with van der Waals surface area (Å²) >= 11 is 3.40. The van der Waals surface area contributed by atoms with Crippen LogP contribution in [0.4, 0.5) is 5.69 Å². The molecule has 1 aliphatic carbocycles. The van der Waals surface area contributed by atoms with Crippen LogP contribution in [0.5, 0.6) is 5.75 Å². The molecule has 3 rings (SSSR count). The molecular weight excluding hydrogens is 318 g/mol. The van der Waals surface area contributed by atoms with Crippen LogP contribution < -0.4 is 10.1 Å². The number of halogens is 1. The quantitative estimate of drug-likeness (QED) is 0.930. The molecule has 3 nitrogen and oxygen atoms in total. The van der Waals surface area contributed by atoms with Crippen molar-refractivity contribution in [1.29, 1.82) is 0 Å². The lowest BCUT2D eigenvalue weighted by Crippen LogP contribution is -2.30. The van der Waals surface area contributed by atoms with Crippen LogP contribution in [0, 0.1) is 0 Å². The number of anilines is 1. The van der Waals surface area contributed by atoms with Gasteiger partial charge in [-0.05, 0) is 35.7 Å². The molecule has 1 N–H and O–H groups in total. The summed E-state index contributed by atoms with van der Waals surface area (Å²) in [5.74, 6) is 0.615. The lowest BCUT2D eigenvalue weighted by molar-refractivity contribution is -0.118. The number of hydrogen-bond donors (Lipinski definition) is 1. The first-order chi connectivity index (χ1) is 9.69. The Morgan fingerprint density at radius 3 is 2.85 bits per heavy atom. The Hall–Kier alpha value is -1.81. The van der Waals surface area contributed by atoms with Gasteiger partial charge >= 0.3 is 0 Å². The molecule has 0 saturated carbocycles. The molecule has 0 spiro atoms. The predicted octanol–water partition coefficient (Wildman–Crippen LogP) is 3.74. The van der Waals surface area contributed by atoms with Gasteiger partial charge in [0.15, 0.2) is 0 Å². The van der Waals surface area contributed by atoms with E-state index in [0.29, 0.717) is 11.4 Å². The molecule has 0 saturated heterocycles. The number of nitrogens with one attached hydrogen (secondary N) is 1. The van der Waals surface area contributed by atoms with E-state index in [4.69, 9.17) is 4.74 Å². The first kappa shape index (κ1) is 13.2. The van der Waals surface area contributed by atoms with Crippen molar-refractivity contribution < 1.29 is 9.53 Å². The maximum Gasteiger partial charge on any atom is 0.232 e. The molecular formula is C16H14BrNO2. The second kappa shape index (κ2) is 5.29. The minimum Gasteiger partial charge on any atom is -0.495 e. The van der Waals surface area contributed by atoms with Crippen molar-refractivity contribution in [2.45, 2.75) is 12.3 Å². The minimum absolute atomic E-state index is 0.0140. The molecule has 1 unspecified atom stereocenters. The van der Waals surface area contributed by atoms with Crippen molar-refractivity contribution in [2.24, 2.45) is 0 Å². The Labute approximate surface area is 126 Å². The number of carbonyl (C=O) groups excluding carboxylic acids is 1. The van der Waals surface area contributed by atoms with Crippen molar-refractivity contribution in [3.05, 3.63) is 58.1 Å². The van der Waals surface area contributed by atoms with Gasteiger partial charge in [0.05, 0.1) is 18.7 Å². The molecule has 4 heteroatoms. The van der Waals surface area contributed by atoms with Crippen molar-refractivity contribution >= 4 is 27.5 Å². The van der Waals surface area contributed by atoms with Gasteiger partial charge in [-0.1, -0.05) is 40.2 Å². The Morgan fingerprint density at radius 2 is 2.10 bits per heavy atom. The van der Waals surface area contributed by atoms with E-state index >= 15 is 0 Å². The molecule has 1 atom stereocenters. The number of rotatable bonds is 3. The molecule has 2 aromatic rings. The lowest BCUT2D eigenvalue weighted by Gasteiger charge is -2.29. The number of hydrogen-bond acceptors (Lipinski definition) is 2. The number of amides is 1. The van der Waals surface area contributed by atoms with E-state index in [0.717, 1.165) is 16.5 Å². The molecule has 1 amide bonds. The second-order valence-corrected chi connectivity index (χ2v) is 5.71. The predicted molar refractivity (Wildman–Crippen MR) is 82.2 cm³/mol. The van der Waals surface area contributed by atoms with E-state index in [1.54, 1.807) is 7.11 Å². The first-order valence-corrected chi connectivity index (χ1v) is 7.20. The molecule has 0 aromatic heterocycles. The van der Waals surface area contributed by atoms with Crippen LogP contribution in [0.1, 0.15) is 17.0 Å². The van der Waals surface area contributed by atoms with Crippen molar-refractivity contribution in [3.8, 4) is 5.75 Å². The van der Waals surface area contributed by atoms with Crippen LogP contribution in [-0.2, 0) is 11.2 Å². The van der Waals surface area contributed by atoms with E-state index in [2.05, 4.69) is 27.3 Å². The van der Waals surface area contributed by atoms with Crippen molar-refractivity contribution in [1.82, 2.24) is 0 Å². The van der Waals surface area contributed by atoms with Gasteiger partial charge in [-0.3, -0.25) is 4.79 Å². The first-order valence-electron chi connectivity index (χ1n) is 6.41. The topological polar surface area (TPSA) is 38.3 Å². The Balaban J connectivity index is 1.80. The van der Waals surface area contributed by atoms with Gasteiger partial charge in [-0.25, -0.2) is 0 Å². The summed E-state index contributed by atoms with van der Waals surface area (Å²) in [7, 11) is 1.59. The SMILES string of the molecule is COc1ccc(Br)cc1NC(=O)C1Cc2ccccc21. The molecule has 2 aromatic carbocycles. The highest BCUT2D eigenvalue weighted by Crippen LogP contribution is 2.36. The summed E-state index contributed by atoms with van der Waals surface area (Å²) in [6.45, 7) is 0. The van der Waals surface area contributed by atoms with Gasteiger partial charge in [0.25, 0.3) is 0 Å². The van der Waals surface area contributed by atoms with Crippen LogP contribution in [0.25, 0.3) is 0 Å². The van der Waals surface area contributed by atoms with Gasteiger partial charge in [-0.2, -0.15) is 0 Å². The minimum atomic E-state index is -0.0603. The molecule has 0 heterocycles. The van der Waals surface area contributed by atoms with Crippen LogP contribution >= 0.6 is 15.9 Å². The molecule has 102 valence electrons. The summed E-state index contributed by atoms with van der Waals surface area (Å²) < 4.78 is 6.17. The van der Waals surface area contributed by atoms with E-state index in [9.17, 15) is 4.79 Å².